The van der Waals surface area contributed by atoms with Crippen LogP contribution >= 0.6 is 0 Å². The van der Waals surface area contributed by atoms with Gasteiger partial charge in [0.1, 0.15) is 5.82 Å². The third-order valence-corrected chi connectivity index (χ3v) is 3.42. The van der Waals surface area contributed by atoms with Crippen LogP contribution in [-0.4, -0.2) is 29.7 Å². The van der Waals surface area contributed by atoms with E-state index >= 15 is 0 Å². The number of fused-ring (bicyclic) bond motifs is 1. The van der Waals surface area contributed by atoms with E-state index in [0.29, 0.717) is 5.92 Å². The summed E-state index contributed by atoms with van der Waals surface area (Å²) >= 11 is 0. The highest BCUT2D eigenvalue weighted by Gasteiger charge is 2.13. The van der Waals surface area contributed by atoms with Crippen molar-refractivity contribution in [3.05, 3.63) is 30.1 Å². The SMILES string of the molecule is c1ccc2[nH]c(CNCC3CCCOC3)nc2c1. The third-order valence-electron chi connectivity index (χ3n) is 3.42. The standard InChI is InChI=1S/C14H19N3O/c1-2-6-13-12(5-1)16-14(17-13)9-15-8-11-4-3-7-18-10-11/h1-2,5-6,11,15H,3-4,7-10H2,(H,16,17). The van der Waals surface area contributed by atoms with E-state index in [2.05, 4.69) is 21.4 Å². The lowest BCUT2D eigenvalue weighted by Crippen LogP contribution is -2.29. The largest absolute Gasteiger partial charge is 0.381 e. The second kappa shape index (κ2) is 5.50. The van der Waals surface area contributed by atoms with Gasteiger partial charge in [0, 0.05) is 13.2 Å². The van der Waals surface area contributed by atoms with Crippen LogP contribution in [0.2, 0.25) is 0 Å². The zero-order valence-corrected chi connectivity index (χ0v) is 10.5. The van der Waals surface area contributed by atoms with Crippen LogP contribution in [0, 0.1) is 5.92 Å². The molecule has 1 aliphatic heterocycles. The molecule has 1 fully saturated rings. The van der Waals surface area contributed by atoms with Crippen molar-refractivity contribution in [2.24, 2.45) is 5.92 Å². The molecule has 0 bridgehead atoms. The number of nitrogens with one attached hydrogen (secondary N) is 2. The highest BCUT2D eigenvalue weighted by atomic mass is 16.5. The molecule has 1 saturated heterocycles. The Bertz CT molecular complexity index is 469. The molecule has 96 valence electrons. The summed E-state index contributed by atoms with van der Waals surface area (Å²) < 4.78 is 5.47. The lowest BCUT2D eigenvalue weighted by molar-refractivity contribution is 0.0547. The summed E-state index contributed by atoms with van der Waals surface area (Å²) in [4.78, 5) is 7.87. The monoisotopic (exact) mass is 245 g/mol. The van der Waals surface area contributed by atoms with Gasteiger partial charge in [0.2, 0.25) is 0 Å². The van der Waals surface area contributed by atoms with Gasteiger partial charge in [-0.25, -0.2) is 4.98 Å². The zero-order chi connectivity index (χ0) is 12.2. The molecule has 1 unspecified atom stereocenters. The topological polar surface area (TPSA) is 49.9 Å². The van der Waals surface area contributed by atoms with Crippen LogP contribution in [0.15, 0.2) is 24.3 Å². The summed E-state index contributed by atoms with van der Waals surface area (Å²) in [6.45, 7) is 3.63. The molecule has 2 N–H and O–H groups in total. The van der Waals surface area contributed by atoms with Gasteiger partial charge in [0.05, 0.1) is 24.2 Å². The summed E-state index contributed by atoms with van der Waals surface area (Å²) in [6.07, 6.45) is 2.46. The van der Waals surface area contributed by atoms with Gasteiger partial charge in [0.25, 0.3) is 0 Å². The number of hydrogen-bond donors (Lipinski definition) is 2. The van der Waals surface area contributed by atoms with E-state index in [1.54, 1.807) is 0 Å². The number of H-pyrrole nitrogens is 1. The van der Waals surface area contributed by atoms with Crippen molar-refractivity contribution in [3.8, 4) is 0 Å². The van der Waals surface area contributed by atoms with Crippen molar-refractivity contribution in [3.63, 3.8) is 0 Å². The lowest BCUT2D eigenvalue weighted by atomic mass is 10.0. The maximum Gasteiger partial charge on any atom is 0.121 e. The number of hydrogen-bond acceptors (Lipinski definition) is 3. The minimum atomic E-state index is 0.656. The molecule has 18 heavy (non-hydrogen) atoms. The van der Waals surface area contributed by atoms with Gasteiger partial charge in [-0.15, -0.1) is 0 Å². The van der Waals surface area contributed by atoms with Crippen LogP contribution in [0.3, 0.4) is 0 Å². The van der Waals surface area contributed by atoms with Gasteiger partial charge in [-0.3, -0.25) is 0 Å². The maximum absolute atomic E-state index is 5.47. The molecule has 1 aliphatic rings. The van der Waals surface area contributed by atoms with Crippen LogP contribution in [0.4, 0.5) is 0 Å². The number of ether oxygens (including phenoxy) is 1. The Morgan fingerprint density at radius 3 is 3.17 bits per heavy atom. The van der Waals surface area contributed by atoms with Gasteiger partial charge >= 0.3 is 0 Å². The van der Waals surface area contributed by atoms with E-state index in [1.165, 1.54) is 12.8 Å². The summed E-state index contributed by atoms with van der Waals surface area (Å²) in [5.74, 6) is 1.66. The van der Waals surface area contributed by atoms with Gasteiger partial charge in [0.15, 0.2) is 0 Å². The molecule has 3 rings (SSSR count). The molecule has 1 aromatic heterocycles. The molecular formula is C14H19N3O. The van der Waals surface area contributed by atoms with Crippen LogP contribution in [0.5, 0.6) is 0 Å². The zero-order valence-electron chi connectivity index (χ0n) is 10.5. The van der Waals surface area contributed by atoms with Crippen LogP contribution in [0.1, 0.15) is 18.7 Å². The van der Waals surface area contributed by atoms with E-state index in [9.17, 15) is 0 Å². The van der Waals surface area contributed by atoms with Gasteiger partial charge in [-0.05, 0) is 30.9 Å². The average molecular weight is 245 g/mol. The quantitative estimate of drug-likeness (QED) is 0.867. The summed E-state index contributed by atoms with van der Waals surface area (Å²) in [7, 11) is 0. The molecule has 1 aromatic carbocycles. The Hall–Kier alpha value is -1.39. The molecular weight excluding hydrogens is 226 g/mol. The van der Waals surface area contributed by atoms with Crippen molar-refractivity contribution in [1.29, 1.82) is 0 Å². The predicted molar refractivity (Wildman–Crippen MR) is 71.3 cm³/mol. The minimum Gasteiger partial charge on any atom is -0.381 e. The highest BCUT2D eigenvalue weighted by molar-refractivity contribution is 5.74. The minimum absolute atomic E-state index is 0.656. The van der Waals surface area contributed by atoms with Crippen molar-refractivity contribution in [1.82, 2.24) is 15.3 Å². The van der Waals surface area contributed by atoms with Crippen LogP contribution in [-0.2, 0) is 11.3 Å². The Balaban J connectivity index is 1.53. The second-order valence-corrected chi connectivity index (χ2v) is 4.91. The van der Waals surface area contributed by atoms with E-state index in [4.69, 9.17) is 4.74 Å². The van der Waals surface area contributed by atoms with Gasteiger partial charge in [-0.2, -0.15) is 0 Å². The molecule has 0 saturated carbocycles. The molecule has 0 aliphatic carbocycles. The number of para-hydroxylation sites is 2. The third kappa shape index (κ3) is 2.71. The molecule has 4 heteroatoms. The van der Waals surface area contributed by atoms with Crippen molar-refractivity contribution < 1.29 is 4.74 Å². The van der Waals surface area contributed by atoms with Crippen LogP contribution in [0.25, 0.3) is 11.0 Å². The molecule has 0 amide bonds. The Morgan fingerprint density at radius 2 is 2.33 bits per heavy atom. The normalized spacial score (nSPS) is 20.3. The van der Waals surface area contributed by atoms with Crippen molar-refractivity contribution in [2.45, 2.75) is 19.4 Å². The molecule has 1 atom stereocenters. The van der Waals surface area contributed by atoms with E-state index in [0.717, 1.165) is 43.2 Å². The first-order chi connectivity index (χ1) is 8.92. The highest BCUT2D eigenvalue weighted by Crippen LogP contribution is 2.13. The first-order valence-corrected chi connectivity index (χ1v) is 6.64. The van der Waals surface area contributed by atoms with Gasteiger partial charge < -0.3 is 15.0 Å². The van der Waals surface area contributed by atoms with Crippen molar-refractivity contribution >= 4 is 11.0 Å². The molecule has 4 nitrogen and oxygen atoms in total. The molecule has 2 aromatic rings. The number of benzene rings is 1. The first-order valence-electron chi connectivity index (χ1n) is 6.64. The van der Waals surface area contributed by atoms with Gasteiger partial charge in [-0.1, -0.05) is 12.1 Å². The number of imidazole rings is 1. The molecule has 0 radical (unpaired) electrons. The lowest BCUT2D eigenvalue weighted by Gasteiger charge is -2.21. The fourth-order valence-electron chi connectivity index (χ4n) is 2.45. The first kappa shape index (κ1) is 11.7. The molecule has 2 heterocycles. The second-order valence-electron chi connectivity index (χ2n) is 4.91. The number of aromatic nitrogens is 2. The maximum atomic E-state index is 5.47. The Kier molecular flexibility index (Phi) is 3.57. The van der Waals surface area contributed by atoms with Crippen molar-refractivity contribution in [2.75, 3.05) is 19.8 Å². The number of rotatable bonds is 4. The Labute approximate surface area is 107 Å². The van der Waals surface area contributed by atoms with E-state index < -0.39 is 0 Å². The van der Waals surface area contributed by atoms with E-state index in [1.807, 2.05) is 18.2 Å². The van der Waals surface area contributed by atoms with E-state index in [-0.39, 0.29) is 0 Å². The number of aromatic amines is 1. The smallest absolute Gasteiger partial charge is 0.121 e. The number of nitrogens with zero attached hydrogens (tertiary/aromatic N) is 1. The average Bonchev–Trinajstić information content (AvgIpc) is 2.82. The summed E-state index contributed by atoms with van der Waals surface area (Å²) in [5.41, 5.74) is 2.14. The molecule has 0 spiro atoms. The predicted octanol–water partition coefficient (Wildman–Crippen LogP) is 2.08. The fraction of sp³-hybridized carbons (Fsp3) is 0.500. The fourth-order valence-corrected chi connectivity index (χ4v) is 2.45. The van der Waals surface area contributed by atoms with Crippen LogP contribution < -0.4 is 5.32 Å². The summed E-state index contributed by atoms with van der Waals surface area (Å²) in [5, 5.41) is 3.46. The Morgan fingerprint density at radius 1 is 1.39 bits per heavy atom. The summed E-state index contributed by atoms with van der Waals surface area (Å²) in [6, 6.07) is 8.13.